The van der Waals surface area contributed by atoms with Crippen molar-refractivity contribution >= 4 is 16.7 Å². The first-order valence-electron chi connectivity index (χ1n) is 8.00. The first kappa shape index (κ1) is 15.2. The van der Waals surface area contributed by atoms with E-state index in [1.54, 1.807) is 0 Å². The minimum Gasteiger partial charge on any atom is -0.381 e. The Hall–Kier alpha value is -0.720. The van der Waals surface area contributed by atoms with Gasteiger partial charge >= 0.3 is 0 Å². The van der Waals surface area contributed by atoms with Crippen molar-refractivity contribution in [2.75, 3.05) is 37.8 Å². The van der Waals surface area contributed by atoms with Crippen LogP contribution in [0.4, 0.5) is 5.13 Å². The molecule has 0 spiro atoms. The highest BCUT2D eigenvalue weighted by atomic mass is 32.1. The van der Waals surface area contributed by atoms with Crippen LogP contribution in [0.5, 0.6) is 0 Å². The number of rotatable bonds is 5. The molecule has 0 aliphatic carbocycles. The van der Waals surface area contributed by atoms with Crippen LogP contribution < -0.4 is 4.90 Å². The predicted molar refractivity (Wildman–Crippen MR) is 84.1 cm³/mol. The van der Waals surface area contributed by atoms with Crippen molar-refractivity contribution in [3.05, 3.63) is 5.82 Å². The van der Waals surface area contributed by atoms with Crippen LogP contribution in [0.1, 0.15) is 44.9 Å². The summed E-state index contributed by atoms with van der Waals surface area (Å²) in [4.78, 5) is 6.99. The molecule has 1 unspecified atom stereocenters. The highest BCUT2D eigenvalue weighted by Gasteiger charge is 2.24. The van der Waals surface area contributed by atoms with Crippen LogP contribution in [0.15, 0.2) is 0 Å². The van der Waals surface area contributed by atoms with Crippen molar-refractivity contribution in [3.8, 4) is 0 Å². The Bertz CT molecular complexity index is 438. The van der Waals surface area contributed by atoms with Crippen LogP contribution in [0.2, 0.25) is 0 Å². The molecule has 1 aromatic heterocycles. The Morgan fingerprint density at radius 2 is 2.14 bits per heavy atom. The first-order chi connectivity index (χ1) is 10.2. The van der Waals surface area contributed by atoms with Gasteiger partial charge in [-0.1, -0.05) is 13.8 Å². The van der Waals surface area contributed by atoms with E-state index in [0.29, 0.717) is 17.9 Å². The van der Waals surface area contributed by atoms with Crippen molar-refractivity contribution in [1.82, 2.24) is 9.36 Å². The van der Waals surface area contributed by atoms with E-state index < -0.39 is 0 Å². The summed E-state index contributed by atoms with van der Waals surface area (Å²) >= 11 is 1.53. The fourth-order valence-corrected chi connectivity index (χ4v) is 3.65. The number of ether oxygens (including phenoxy) is 2. The number of hydrogen-bond donors (Lipinski definition) is 0. The first-order valence-corrected chi connectivity index (χ1v) is 8.77. The normalized spacial score (nSPS) is 24.1. The topological polar surface area (TPSA) is 47.5 Å². The third-order valence-corrected chi connectivity index (χ3v) is 5.04. The zero-order valence-corrected chi connectivity index (χ0v) is 13.8. The maximum atomic E-state index is 6.06. The van der Waals surface area contributed by atoms with Crippen LogP contribution in [0.25, 0.3) is 0 Å². The van der Waals surface area contributed by atoms with E-state index >= 15 is 0 Å². The molecule has 0 amide bonds. The highest BCUT2D eigenvalue weighted by Crippen LogP contribution is 2.25. The van der Waals surface area contributed by atoms with Crippen molar-refractivity contribution in [2.24, 2.45) is 5.92 Å². The van der Waals surface area contributed by atoms with Crippen molar-refractivity contribution in [1.29, 1.82) is 0 Å². The lowest BCUT2D eigenvalue weighted by Gasteiger charge is -2.31. The highest BCUT2D eigenvalue weighted by molar-refractivity contribution is 7.09. The Labute approximate surface area is 130 Å². The van der Waals surface area contributed by atoms with Crippen molar-refractivity contribution < 1.29 is 9.47 Å². The molecular weight excluding hydrogens is 286 g/mol. The summed E-state index contributed by atoms with van der Waals surface area (Å²) in [7, 11) is 0. The van der Waals surface area contributed by atoms with E-state index in [1.807, 2.05) is 0 Å². The molecule has 21 heavy (non-hydrogen) atoms. The minimum absolute atomic E-state index is 0.402. The molecule has 0 aromatic carbocycles. The van der Waals surface area contributed by atoms with E-state index in [2.05, 4.69) is 28.1 Å². The molecule has 3 heterocycles. The molecule has 0 saturated carbocycles. The van der Waals surface area contributed by atoms with Gasteiger partial charge in [0, 0.05) is 43.1 Å². The zero-order valence-electron chi connectivity index (χ0n) is 13.0. The number of aromatic nitrogens is 2. The monoisotopic (exact) mass is 311 g/mol. The molecule has 1 atom stereocenters. The van der Waals surface area contributed by atoms with Gasteiger partial charge < -0.3 is 14.4 Å². The van der Waals surface area contributed by atoms with Crippen LogP contribution in [0.3, 0.4) is 0 Å². The van der Waals surface area contributed by atoms with Crippen molar-refractivity contribution in [2.45, 2.75) is 45.1 Å². The average Bonchev–Trinajstić information content (AvgIpc) is 3.17. The molecule has 0 bridgehead atoms. The second kappa shape index (κ2) is 7.03. The van der Waals surface area contributed by atoms with Gasteiger partial charge in [-0.2, -0.15) is 4.37 Å². The Morgan fingerprint density at radius 3 is 2.76 bits per heavy atom. The number of hydrogen-bond acceptors (Lipinski definition) is 6. The van der Waals surface area contributed by atoms with Gasteiger partial charge in [-0.25, -0.2) is 4.98 Å². The quantitative estimate of drug-likeness (QED) is 0.836. The molecule has 0 N–H and O–H groups in total. The van der Waals surface area contributed by atoms with E-state index in [-0.39, 0.29) is 0 Å². The van der Waals surface area contributed by atoms with Crippen LogP contribution in [-0.4, -0.2) is 48.4 Å². The minimum atomic E-state index is 0.402. The second-order valence-electron chi connectivity index (χ2n) is 6.34. The number of nitrogens with zero attached hydrogens (tertiary/aromatic N) is 3. The summed E-state index contributed by atoms with van der Waals surface area (Å²) in [6.45, 7) is 8.97. The summed E-state index contributed by atoms with van der Waals surface area (Å²) in [6.07, 6.45) is 3.73. The predicted octanol–water partition coefficient (Wildman–Crippen LogP) is 2.68. The molecule has 6 heteroatoms. The molecule has 2 fully saturated rings. The lowest BCUT2D eigenvalue weighted by atomic mass is 10.1. The van der Waals surface area contributed by atoms with Gasteiger partial charge in [0.05, 0.1) is 19.3 Å². The molecule has 2 aliphatic rings. The van der Waals surface area contributed by atoms with E-state index in [4.69, 9.17) is 9.47 Å². The standard InChI is InChI=1S/C15H25N3O2S/c1-11(2)14-16-15(21-17-14)18-6-3-13(4-7-18)20-10-12-5-8-19-9-12/h11-13H,3-10H2,1-2H3. The molecule has 118 valence electrons. The van der Waals surface area contributed by atoms with Crippen LogP contribution in [-0.2, 0) is 9.47 Å². The Kier molecular flexibility index (Phi) is 5.08. The van der Waals surface area contributed by atoms with Gasteiger partial charge in [-0.3, -0.25) is 0 Å². The van der Waals surface area contributed by atoms with Gasteiger partial charge in [-0.15, -0.1) is 0 Å². The SMILES string of the molecule is CC(C)c1nsc(N2CCC(OCC3CCOC3)CC2)n1. The summed E-state index contributed by atoms with van der Waals surface area (Å²) in [5, 5.41) is 1.07. The fourth-order valence-electron chi connectivity index (χ4n) is 2.79. The fraction of sp³-hybridized carbons (Fsp3) is 0.867. The largest absolute Gasteiger partial charge is 0.381 e. The third kappa shape index (κ3) is 3.93. The molecule has 2 aliphatic heterocycles. The van der Waals surface area contributed by atoms with Crippen LogP contribution >= 0.6 is 11.5 Å². The summed E-state index contributed by atoms with van der Waals surface area (Å²) in [5.41, 5.74) is 0. The van der Waals surface area contributed by atoms with Gasteiger partial charge in [0.25, 0.3) is 0 Å². The molecule has 5 nitrogen and oxygen atoms in total. The molecule has 0 radical (unpaired) electrons. The van der Waals surface area contributed by atoms with Gasteiger partial charge in [0.1, 0.15) is 5.82 Å². The molecular formula is C15H25N3O2S. The van der Waals surface area contributed by atoms with Gasteiger partial charge in [0.2, 0.25) is 5.13 Å². The average molecular weight is 311 g/mol. The van der Waals surface area contributed by atoms with Gasteiger partial charge in [-0.05, 0) is 19.3 Å². The Morgan fingerprint density at radius 1 is 1.33 bits per heavy atom. The summed E-state index contributed by atoms with van der Waals surface area (Å²) in [5.74, 6) is 1.99. The number of piperidine rings is 1. The lowest BCUT2D eigenvalue weighted by Crippen LogP contribution is -2.37. The summed E-state index contributed by atoms with van der Waals surface area (Å²) in [6, 6.07) is 0. The summed E-state index contributed by atoms with van der Waals surface area (Å²) < 4.78 is 15.9. The molecule has 3 rings (SSSR count). The second-order valence-corrected chi connectivity index (χ2v) is 7.07. The van der Waals surface area contributed by atoms with Crippen LogP contribution in [0, 0.1) is 5.92 Å². The number of anilines is 1. The molecule has 1 aromatic rings. The lowest BCUT2D eigenvalue weighted by molar-refractivity contribution is 0.0131. The third-order valence-electron chi connectivity index (χ3n) is 4.25. The maximum absolute atomic E-state index is 6.06. The van der Waals surface area contributed by atoms with E-state index in [1.165, 1.54) is 11.5 Å². The smallest absolute Gasteiger partial charge is 0.205 e. The Balaban J connectivity index is 1.43. The molecule has 2 saturated heterocycles. The van der Waals surface area contributed by atoms with Gasteiger partial charge in [0.15, 0.2) is 0 Å². The van der Waals surface area contributed by atoms with E-state index in [0.717, 1.165) is 63.1 Å². The van der Waals surface area contributed by atoms with E-state index in [9.17, 15) is 0 Å². The maximum Gasteiger partial charge on any atom is 0.205 e. The van der Waals surface area contributed by atoms with Crippen molar-refractivity contribution in [3.63, 3.8) is 0 Å². The zero-order chi connectivity index (χ0) is 14.7.